The molecule has 0 unspecified atom stereocenters. The lowest BCUT2D eigenvalue weighted by atomic mass is 10.1. The van der Waals surface area contributed by atoms with Crippen LogP contribution in [0.4, 0.5) is 11.4 Å². The number of benzene rings is 2. The van der Waals surface area contributed by atoms with E-state index in [9.17, 15) is 0 Å². The number of ether oxygens (including phenoxy) is 2. The molecule has 2 rings (SSSR count). The van der Waals surface area contributed by atoms with Crippen LogP contribution in [0, 0.1) is 0 Å². The third-order valence-electron chi connectivity index (χ3n) is 6.04. The van der Waals surface area contributed by atoms with Crippen molar-refractivity contribution in [3.05, 3.63) is 48.5 Å². The third kappa shape index (κ3) is 14.9. The first-order valence-electron chi connectivity index (χ1n) is 13.8. The van der Waals surface area contributed by atoms with Gasteiger partial charge in [-0.15, -0.1) is 0 Å². The quantitative estimate of drug-likeness (QED) is 0.106. The van der Waals surface area contributed by atoms with Crippen LogP contribution >= 0.6 is 12.6 Å². The summed E-state index contributed by atoms with van der Waals surface area (Å²) in [5.74, 6) is 2.80. The van der Waals surface area contributed by atoms with Gasteiger partial charge in [0.15, 0.2) is 0 Å². The van der Waals surface area contributed by atoms with Crippen LogP contribution in [0.15, 0.2) is 58.8 Å². The van der Waals surface area contributed by atoms with Gasteiger partial charge in [0.05, 0.1) is 24.6 Å². The summed E-state index contributed by atoms with van der Waals surface area (Å²) in [7, 11) is 0. The lowest BCUT2D eigenvalue weighted by molar-refractivity contribution is 0.304. The van der Waals surface area contributed by atoms with Gasteiger partial charge in [-0.25, -0.2) is 0 Å². The highest BCUT2D eigenvalue weighted by Gasteiger charge is 1.98. The van der Waals surface area contributed by atoms with Crippen LogP contribution in [0.5, 0.6) is 11.5 Å². The maximum Gasteiger partial charge on any atom is 0.119 e. The topological polar surface area (TPSA) is 43.2 Å². The normalized spacial score (nSPS) is 11.3. The summed E-state index contributed by atoms with van der Waals surface area (Å²) in [4.78, 5) is 0. The van der Waals surface area contributed by atoms with Crippen molar-refractivity contribution < 1.29 is 9.47 Å². The SMILES string of the molecule is CCCCCCCCOc1ccc(N=Nc2ccc(OCCCCCCCCCCS)cc2)cc1. The lowest BCUT2D eigenvalue weighted by Crippen LogP contribution is -1.97. The van der Waals surface area contributed by atoms with Crippen molar-refractivity contribution in [1.29, 1.82) is 0 Å². The van der Waals surface area contributed by atoms with Gasteiger partial charge in [-0.2, -0.15) is 22.9 Å². The van der Waals surface area contributed by atoms with E-state index in [-0.39, 0.29) is 0 Å². The van der Waals surface area contributed by atoms with Crippen LogP contribution < -0.4 is 9.47 Å². The van der Waals surface area contributed by atoms with Gasteiger partial charge < -0.3 is 9.47 Å². The summed E-state index contributed by atoms with van der Waals surface area (Å²) in [5, 5.41) is 8.68. The molecule has 0 fully saturated rings. The monoisotopic (exact) mass is 498 g/mol. The fourth-order valence-corrected chi connectivity index (χ4v) is 4.09. The number of thiol groups is 1. The molecular formula is C30H46N2O2S. The third-order valence-corrected chi connectivity index (χ3v) is 6.36. The van der Waals surface area contributed by atoms with Crippen molar-refractivity contribution in [1.82, 2.24) is 0 Å². The highest BCUT2D eigenvalue weighted by Crippen LogP contribution is 2.23. The van der Waals surface area contributed by atoms with E-state index in [1.54, 1.807) is 0 Å². The second-order valence-corrected chi connectivity index (χ2v) is 9.65. The van der Waals surface area contributed by atoms with Crippen molar-refractivity contribution in [2.24, 2.45) is 10.2 Å². The molecule has 0 heterocycles. The number of azo groups is 1. The van der Waals surface area contributed by atoms with Gasteiger partial charge in [-0.1, -0.05) is 77.6 Å². The first-order valence-corrected chi connectivity index (χ1v) is 14.4. The number of nitrogens with zero attached hydrogens (tertiary/aromatic N) is 2. The van der Waals surface area contributed by atoms with E-state index in [0.29, 0.717) is 0 Å². The molecule has 0 N–H and O–H groups in total. The molecule has 0 aliphatic carbocycles. The first-order chi connectivity index (χ1) is 17.3. The largest absolute Gasteiger partial charge is 0.494 e. The Kier molecular flexibility index (Phi) is 16.9. The van der Waals surface area contributed by atoms with Gasteiger partial charge in [0.1, 0.15) is 11.5 Å². The Morgan fingerprint density at radius 1 is 0.514 bits per heavy atom. The van der Waals surface area contributed by atoms with Crippen LogP contribution in [0.1, 0.15) is 96.8 Å². The molecule has 0 saturated carbocycles. The fourth-order valence-electron chi connectivity index (χ4n) is 3.87. The smallest absolute Gasteiger partial charge is 0.119 e. The number of unbranched alkanes of at least 4 members (excludes halogenated alkanes) is 12. The van der Waals surface area contributed by atoms with Crippen molar-refractivity contribution in [2.45, 2.75) is 96.8 Å². The van der Waals surface area contributed by atoms with Gasteiger partial charge in [-0.3, -0.25) is 0 Å². The zero-order chi connectivity index (χ0) is 24.8. The van der Waals surface area contributed by atoms with E-state index in [2.05, 4.69) is 29.8 Å². The number of hydrogen-bond donors (Lipinski definition) is 1. The van der Waals surface area contributed by atoms with Crippen LogP contribution in [-0.2, 0) is 0 Å². The van der Waals surface area contributed by atoms with Crippen molar-refractivity contribution >= 4 is 24.0 Å². The van der Waals surface area contributed by atoms with E-state index in [1.807, 2.05) is 48.5 Å². The number of rotatable bonds is 21. The molecule has 0 bridgehead atoms. The van der Waals surface area contributed by atoms with Crippen molar-refractivity contribution in [2.75, 3.05) is 19.0 Å². The molecule has 35 heavy (non-hydrogen) atoms. The molecule has 0 amide bonds. The Hall–Kier alpha value is -2.01. The summed E-state index contributed by atoms with van der Waals surface area (Å²) >= 11 is 4.26. The van der Waals surface area contributed by atoms with Gasteiger partial charge >= 0.3 is 0 Å². The molecule has 0 aliphatic heterocycles. The van der Waals surface area contributed by atoms with E-state index in [1.165, 1.54) is 77.0 Å². The Morgan fingerprint density at radius 3 is 1.29 bits per heavy atom. The van der Waals surface area contributed by atoms with Gasteiger partial charge in [0, 0.05) is 0 Å². The average Bonchev–Trinajstić information content (AvgIpc) is 2.89. The van der Waals surface area contributed by atoms with Gasteiger partial charge in [0.2, 0.25) is 0 Å². The second-order valence-electron chi connectivity index (χ2n) is 9.20. The summed E-state index contributed by atoms with van der Waals surface area (Å²) in [6, 6.07) is 15.6. The van der Waals surface area contributed by atoms with Crippen LogP contribution in [0.3, 0.4) is 0 Å². The first kappa shape index (κ1) is 29.2. The summed E-state index contributed by atoms with van der Waals surface area (Å²) in [6.07, 6.45) is 17.9. The average molecular weight is 499 g/mol. The Balaban J connectivity index is 1.57. The molecular weight excluding hydrogens is 452 g/mol. The minimum atomic E-state index is 0.772. The van der Waals surface area contributed by atoms with Crippen molar-refractivity contribution in [3.63, 3.8) is 0 Å². The van der Waals surface area contributed by atoms with E-state index < -0.39 is 0 Å². The summed E-state index contributed by atoms with van der Waals surface area (Å²) in [6.45, 7) is 3.79. The minimum absolute atomic E-state index is 0.772. The maximum absolute atomic E-state index is 5.87. The summed E-state index contributed by atoms with van der Waals surface area (Å²) < 4.78 is 11.7. The van der Waals surface area contributed by atoms with Crippen LogP contribution in [0.25, 0.3) is 0 Å². The van der Waals surface area contributed by atoms with Gasteiger partial charge in [-0.05, 0) is 73.5 Å². The molecule has 194 valence electrons. The van der Waals surface area contributed by atoms with Crippen molar-refractivity contribution in [3.8, 4) is 11.5 Å². The molecule has 0 atom stereocenters. The van der Waals surface area contributed by atoms with E-state index in [4.69, 9.17) is 9.47 Å². The zero-order valence-electron chi connectivity index (χ0n) is 21.8. The van der Waals surface area contributed by atoms with Crippen LogP contribution in [-0.4, -0.2) is 19.0 Å². The Labute approximate surface area is 219 Å². The van der Waals surface area contributed by atoms with E-state index in [0.717, 1.165) is 54.7 Å². The highest BCUT2D eigenvalue weighted by atomic mass is 32.1. The zero-order valence-corrected chi connectivity index (χ0v) is 22.7. The molecule has 2 aromatic carbocycles. The van der Waals surface area contributed by atoms with E-state index >= 15 is 0 Å². The molecule has 0 radical (unpaired) electrons. The molecule has 0 saturated heterocycles. The predicted molar refractivity (Wildman–Crippen MR) is 152 cm³/mol. The molecule has 0 aliphatic rings. The maximum atomic E-state index is 5.87. The second kappa shape index (κ2) is 20.2. The Bertz CT molecular complexity index is 778. The molecule has 0 aromatic heterocycles. The van der Waals surface area contributed by atoms with Crippen LogP contribution in [0.2, 0.25) is 0 Å². The predicted octanol–water partition coefficient (Wildman–Crippen LogP) is 10.3. The number of hydrogen-bond acceptors (Lipinski definition) is 5. The fraction of sp³-hybridized carbons (Fsp3) is 0.600. The minimum Gasteiger partial charge on any atom is -0.494 e. The molecule has 5 heteroatoms. The molecule has 2 aromatic rings. The standard InChI is InChI=1S/C30H46N2O2S/c1-2-3-4-5-10-13-24-33-29-20-16-27(17-21-29)31-32-28-18-22-30(23-19-28)34-25-14-11-8-6-7-9-12-15-26-35/h16-23,35H,2-15,24-26H2,1H3. The summed E-state index contributed by atoms with van der Waals surface area (Å²) in [5.41, 5.74) is 1.64. The highest BCUT2D eigenvalue weighted by molar-refractivity contribution is 7.80. The van der Waals surface area contributed by atoms with Gasteiger partial charge in [0.25, 0.3) is 0 Å². The Morgan fingerprint density at radius 2 is 0.886 bits per heavy atom. The molecule has 4 nitrogen and oxygen atoms in total. The molecule has 0 spiro atoms. The lowest BCUT2D eigenvalue weighted by Gasteiger charge is -2.06.